The fourth-order valence-electron chi connectivity index (χ4n) is 2.12. The predicted molar refractivity (Wildman–Crippen MR) is 75.0 cm³/mol. The van der Waals surface area contributed by atoms with Gasteiger partial charge in [0.25, 0.3) is 0 Å². The highest BCUT2D eigenvalue weighted by Crippen LogP contribution is 2.20. The third-order valence-corrected chi connectivity index (χ3v) is 3.34. The minimum atomic E-state index is -0.929. The van der Waals surface area contributed by atoms with Crippen molar-refractivity contribution >= 4 is 5.97 Å². The van der Waals surface area contributed by atoms with E-state index in [9.17, 15) is 14.3 Å². The monoisotopic (exact) mass is 283 g/mol. The summed E-state index contributed by atoms with van der Waals surface area (Å²) in [6, 6.07) is 3.27. The number of hydrogen-bond acceptors (Lipinski definition) is 3. The Hall–Kier alpha value is -1.46. The summed E-state index contributed by atoms with van der Waals surface area (Å²) in [5.74, 6) is -1.25. The maximum atomic E-state index is 13.2. The van der Waals surface area contributed by atoms with E-state index in [4.69, 9.17) is 5.11 Å². The molecule has 0 amide bonds. The van der Waals surface area contributed by atoms with Crippen molar-refractivity contribution in [3.63, 3.8) is 0 Å². The van der Waals surface area contributed by atoms with Gasteiger partial charge in [-0.2, -0.15) is 0 Å². The van der Waals surface area contributed by atoms with Crippen LogP contribution in [-0.4, -0.2) is 28.3 Å². The molecule has 4 nitrogen and oxygen atoms in total. The van der Waals surface area contributed by atoms with E-state index in [1.807, 2.05) is 6.92 Å². The van der Waals surface area contributed by atoms with E-state index in [1.54, 1.807) is 19.9 Å². The van der Waals surface area contributed by atoms with Crippen molar-refractivity contribution < 1.29 is 19.4 Å². The molecule has 0 aliphatic heterocycles. The molecule has 1 aromatic rings. The summed E-state index contributed by atoms with van der Waals surface area (Å²) in [6.07, 6.45) is 0.352. The maximum absolute atomic E-state index is 13.2. The van der Waals surface area contributed by atoms with Gasteiger partial charge in [-0.1, -0.05) is 25.5 Å². The quantitative estimate of drug-likeness (QED) is 0.718. The van der Waals surface area contributed by atoms with Crippen LogP contribution in [0.4, 0.5) is 4.39 Å². The number of aliphatic hydroxyl groups is 1. The van der Waals surface area contributed by atoms with Crippen LogP contribution in [0.15, 0.2) is 18.2 Å². The van der Waals surface area contributed by atoms with E-state index >= 15 is 0 Å². The van der Waals surface area contributed by atoms with Gasteiger partial charge < -0.3 is 10.2 Å². The van der Waals surface area contributed by atoms with E-state index in [0.29, 0.717) is 17.5 Å². The summed E-state index contributed by atoms with van der Waals surface area (Å²) in [5, 5.41) is 22.2. The van der Waals surface area contributed by atoms with Crippen LogP contribution in [0.3, 0.4) is 0 Å². The molecule has 0 bridgehead atoms. The Morgan fingerprint density at radius 1 is 1.45 bits per heavy atom. The molecular weight excluding hydrogens is 261 g/mol. The number of rotatable bonds is 7. The molecule has 5 heteroatoms. The fourth-order valence-corrected chi connectivity index (χ4v) is 2.12. The first kappa shape index (κ1) is 16.6. The third-order valence-electron chi connectivity index (χ3n) is 3.34. The van der Waals surface area contributed by atoms with Crippen molar-refractivity contribution in [2.75, 3.05) is 0 Å². The standard InChI is InChI=1S/C15H22FNO3/c1-4-5-13(15(19)20)17-10(3)14(18)11-6-7-12(16)9(2)8-11/h6-8,10,13-14,17-18H,4-5H2,1-3H3,(H,19,20). The maximum Gasteiger partial charge on any atom is 0.320 e. The van der Waals surface area contributed by atoms with Crippen LogP contribution in [0.2, 0.25) is 0 Å². The average Bonchev–Trinajstić information content (AvgIpc) is 2.40. The van der Waals surface area contributed by atoms with E-state index in [0.717, 1.165) is 6.42 Å². The van der Waals surface area contributed by atoms with Crippen molar-refractivity contribution in [3.8, 4) is 0 Å². The smallest absolute Gasteiger partial charge is 0.320 e. The lowest BCUT2D eigenvalue weighted by atomic mass is 10.00. The van der Waals surface area contributed by atoms with E-state index < -0.39 is 24.2 Å². The molecule has 0 heterocycles. The van der Waals surface area contributed by atoms with Crippen molar-refractivity contribution in [2.24, 2.45) is 0 Å². The largest absolute Gasteiger partial charge is 0.480 e. The molecule has 0 aliphatic rings. The Kier molecular flexibility index (Phi) is 6.10. The van der Waals surface area contributed by atoms with Crippen molar-refractivity contribution in [1.82, 2.24) is 5.32 Å². The summed E-state index contributed by atoms with van der Waals surface area (Å²) in [4.78, 5) is 11.1. The molecule has 20 heavy (non-hydrogen) atoms. The van der Waals surface area contributed by atoms with Gasteiger partial charge in [0.15, 0.2) is 0 Å². The molecule has 3 N–H and O–H groups in total. The van der Waals surface area contributed by atoms with Gasteiger partial charge in [0.05, 0.1) is 6.10 Å². The number of carboxylic acid groups (broad SMARTS) is 1. The second kappa shape index (κ2) is 7.36. The number of nitrogens with one attached hydrogen (secondary N) is 1. The molecule has 1 aromatic carbocycles. The lowest BCUT2D eigenvalue weighted by Gasteiger charge is -2.24. The van der Waals surface area contributed by atoms with Gasteiger partial charge in [0.2, 0.25) is 0 Å². The van der Waals surface area contributed by atoms with Gasteiger partial charge in [-0.05, 0) is 37.5 Å². The topological polar surface area (TPSA) is 69.6 Å². The first-order valence-corrected chi connectivity index (χ1v) is 6.79. The molecule has 3 atom stereocenters. The van der Waals surface area contributed by atoms with E-state index in [2.05, 4.69) is 5.32 Å². The lowest BCUT2D eigenvalue weighted by molar-refractivity contribution is -0.140. The Balaban J connectivity index is 2.77. The summed E-state index contributed by atoms with van der Waals surface area (Å²) in [6.45, 7) is 5.25. The van der Waals surface area contributed by atoms with E-state index in [1.165, 1.54) is 12.1 Å². The van der Waals surface area contributed by atoms with Gasteiger partial charge >= 0.3 is 5.97 Å². The van der Waals surface area contributed by atoms with Crippen LogP contribution in [0, 0.1) is 12.7 Å². The van der Waals surface area contributed by atoms with E-state index in [-0.39, 0.29) is 5.82 Å². The van der Waals surface area contributed by atoms with Crippen LogP contribution in [0.1, 0.15) is 43.9 Å². The zero-order valence-corrected chi connectivity index (χ0v) is 12.1. The zero-order valence-electron chi connectivity index (χ0n) is 12.1. The van der Waals surface area contributed by atoms with Crippen LogP contribution >= 0.6 is 0 Å². The number of aliphatic hydroxyl groups excluding tert-OH is 1. The second-order valence-corrected chi connectivity index (χ2v) is 5.09. The number of aryl methyl sites for hydroxylation is 1. The summed E-state index contributed by atoms with van der Waals surface area (Å²) >= 11 is 0. The normalized spacial score (nSPS) is 15.7. The number of carboxylic acids is 1. The molecule has 0 saturated heterocycles. The van der Waals surface area contributed by atoms with Crippen LogP contribution < -0.4 is 5.32 Å². The number of aliphatic carboxylic acids is 1. The highest BCUT2D eigenvalue weighted by molar-refractivity contribution is 5.73. The molecule has 0 radical (unpaired) electrons. The third kappa shape index (κ3) is 4.28. The Morgan fingerprint density at radius 2 is 2.10 bits per heavy atom. The molecule has 3 unspecified atom stereocenters. The average molecular weight is 283 g/mol. The lowest BCUT2D eigenvalue weighted by Crippen LogP contribution is -2.44. The summed E-state index contributed by atoms with van der Waals surface area (Å²) in [7, 11) is 0. The van der Waals surface area contributed by atoms with Crippen molar-refractivity contribution in [2.45, 2.75) is 51.8 Å². The highest BCUT2D eigenvalue weighted by atomic mass is 19.1. The van der Waals surface area contributed by atoms with Crippen molar-refractivity contribution in [1.29, 1.82) is 0 Å². The number of hydrogen-bond donors (Lipinski definition) is 3. The fraction of sp³-hybridized carbons (Fsp3) is 0.533. The van der Waals surface area contributed by atoms with Gasteiger partial charge in [-0.25, -0.2) is 4.39 Å². The number of halogens is 1. The first-order chi connectivity index (χ1) is 9.36. The second-order valence-electron chi connectivity index (χ2n) is 5.09. The highest BCUT2D eigenvalue weighted by Gasteiger charge is 2.23. The molecule has 1 rings (SSSR count). The molecular formula is C15H22FNO3. The van der Waals surface area contributed by atoms with Gasteiger partial charge in [-0.15, -0.1) is 0 Å². The molecule has 0 saturated carbocycles. The molecule has 0 aliphatic carbocycles. The minimum absolute atomic E-state index is 0.323. The Morgan fingerprint density at radius 3 is 2.60 bits per heavy atom. The molecule has 0 aromatic heterocycles. The van der Waals surface area contributed by atoms with Gasteiger partial charge in [-0.3, -0.25) is 10.1 Å². The molecule has 112 valence electrons. The number of carbonyl (C=O) groups is 1. The molecule has 0 spiro atoms. The predicted octanol–water partition coefficient (Wildman–Crippen LogP) is 2.40. The van der Waals surface area contributed by atoms with Crippen molar-refractivity contribution in [3.05, 3.63) is 35.1 Å². The Labute approximate surface area is 118 Å². The minimum Gasteiger partial charge on any atom is -0.480 e. The van der Waals surface area contributed by atoms with Gasteiger partial charge in [0, 0.05) is 6.04 Å². The first-order valence-electron chi connectivity index (χ1n) is 6.79. The number of benzene rings is 1. The Bertz CT molecular complexity index is 464. The van der Waals surface area contributed by atoms with Crippen LogP contribution in [0.5, 0.6) is 0 Å². The zero-order chi connectivity index (χ0) is 15.3. The molecule has 0 fully saturated rings. The summed E-state index contributed by atoms with van der Waals surface area (Å²) in [5.41, 5.74) is 1.03. The van der Waals surface area contributed by atoms with Crippen LogP contribution in [0.25, 0.3) is 0 Å². The van der Waals surface area contributed by atoms with Gasteiger partial charge in [0.1, 0.15) is 11.9 Å². The summed E-state index contributed by atoms with van der Waals surface area (Å²) < 4.78 is 13.2. The SMILES string of the molecule is CCCC(NC(C)C(O)c1ccc(F)c(C)c1)C(=O)O. The van der Waals surface area contributed by atoms with Crippen LogP contribution in [-0.2, 0) is 4.79 Å².